The van der Waals surface area contributed by atoms with E-state index in [-0.39, 0.29) is 17.1 Å². The number of nitrogens with zero attached hydrogens (tertiary/aromatic N) is 2. The van der Waals surface area contributed by atoms with Gasteiger partial charge >= 0.3 is 0 Å². The van der Waals surface area contributed by atoms with Gasteiger partial charge in [0.05, 0.1) is 6.54 Å². The lowest BCUT2D eigenvalue weighted by atomic mass is 10.2. The van der Waals surface area contributed by atoms with E-state index < -0.39 is 0 Å². The molecule has 2 aromatic rings. The lowest BCUT2D eigenvalue weighted by molar-refractivity contribution is -0.132. The Morgan fingerprint density at radius 1 is 1.32 bits per heavy atom. The van der Waals surface area contributed by atoms with Gasteiger partial charge < -0.3 is 4.90 Å². The van der Waals surface area contributed by atoms with Crippen LogP contribution < -0.4 is 0 Å². The minimum atomic E-state index is -0.258. The van der Waals surface area contributed by atoms with Crippen LogP contribution in [0.3, 0.4) is 0 Å². The lowest BCUT2D eigenvalue weighted by Crippen LogP contribution is -2.38. The van der Waals surface area contributed by atoms with Gasteiger partial charge in [0.1, 0.15) is 11.2 Å². The van der Waals surface area contributed by atoms with Crippen LogP contribution in [-0.4, -0.2) is 41.6 Å². The molecule has 0 spiro atoms. The Bertz CT molecular complexity index is 740. The molecule has 2 aromatic carbocycles. The van der Waals surface area contributed by atoms with E-state index in [0.717, 1.165) is 23.4 Å². The van der Waals surface area contributed by atoms with Crippen molar-refractivity contribution in [3.05, 3.63) is 70.5 Å². The Morgan fingerprint density at radius 2 is 2.08 bits per heavy atom. The third-order valence-electron chi connectivity index (χ3n) is 4.11. The van der Waals surface area contributed by atoms with E-state index in [2.05, 4.69) is 0 Å². The topological polar surface area (TPSA) is 23.6 Å². The summed E-state index contributed by atoms with van der Waals surface area (Å²) < 4.78 is 13.1. The van der Waals surface area contributed by atoms with Gasteiger partial charge in [0.25, 0.3) is 0 Å². The van der Waals surface area contributed by atoms with Gasteiger partial charge in [-0.25, -0.2) is 4.39 Å². The summed E-state index contributed by atoms with van der Waals surface area (Å²) in [4.78, 5) is 16.6. The number of halogens is 2. The highest BCUT2D eigenvalue weighted by molar-refractivity contribution is 7.99. The second kappa shape index (κ2) is 8.21. The fourth-order valence-electron chi connectivity index (χ4n) is 2.95. The molecule has 3 rings (SSSR count). The van der Waals surface area contributed by atoms with Crippen LogP contribution in [0.5, 0.6) is 0 Å². The van der Waals surface area contributed by atoms with Crippen LogP contribution in [0.15, 0.2) is 48.5 Å². The van der Waals surface area contributed by atoms with Crippen molar-refractivity contribution in [1.29, 1.82) is 0 Å². The van der Waals surface area contributed by atoms with E-state index in [0.29, 0.717) is 18.1 Å². The third-order valence-corrected chi connectivity index (χ3v) is 5.61. The molecule has 132 valence electrons. The molecule has 0 radical (unpaired) electrons. The predicted molar refractivity (Wildman–Crippen MR) is 101 cm³/mol. The molecule has 1 aliphatic rings. The number of hydrogen-bond donors (Lipinski definition) is 0. The molecule has 1 heterocycles. The number of carbonyl (C=O) groups is 1. The third kappa shape index (κ3) is 4.75. The molecule has 1 fully saturated rings. The van der Waals surface area contributed by atoms with Crippen molar-refractivity contribution in [2.45, 2.75) is 11.9 Å². The van der Waals surface area contributed by atoms with Crippen LogP contribution >= 0.6 is 23.4 Å². The smallest absolute Gasteiger partial charge is 0.237 e. The molecule has 0 bridgehead atoms. The van der Waals surface area contributed by atoms with E-state index >= 15 is 0 Å². The van der Waals surface area contributed by atoms with Crippen molar-refractivity contribution in [3.63, 3.8) is 0 Å². The summed E-state index contributed by atoms with van der Waals surface area (Å²) in [6, 6.07) is 14.1. The van der Waals surface area contributed by atoms with Gasteiger partial charge in [-0.05, 0) is 42.4 Å². The van der Waals surface area contributed by atoms with Crippen molar-refractivity contribution in [3.8, 4) is 0 Å². The second-order valence-electron chi connectivity index (χ2n) is 6.16. The maximum Gasteiger partial charge on any atom is 0.237 e. The number of benzene rings is 2. The summed E-state index contributed by atoms with van der Waals surface area (Å²) in [5, 5.41) is 0.664. The highest BCUT2D eigenvalue weighted by Crippen LogP contribution is 2.37. The maximum atomic E-state index is 13.1. The summed E-state index contributed by atoms with van der Waals surface area (Å²) in [7, 11) is 1.93. The summed E-state index contributed by atoms with van der Waals surface area (Å²) in [5.74, 6) is 0.723. The van der Waals surface area contributed by atoms with Crippen LogP contribution in [0, 0.1) is 5.82 Å². The van der Waals surface area contributed by atoms with Crippen molar-refractivity contribution >= 4 is 29.3 Å². The summed E-state index contributed by atoms with van der Waals surface area (Å²) >= 11 is 7.73. The molecule has 1 amide bonds. The molecule has 0 aromatic heterocycles. The van der Waals surface area contributed by atoms with E-state index in [1.54, 1.807) is 23.9 Å². The normalized spacial score (nSPS) is 17.3. The zero-order valence-corrected chi connectivity index (χ0v) is 15.6. The lowest BCUT2D eigenvalue weighted by Gasteiger charge is -2.26. The van der Waals surface area contributed by atoms with Gasteiger partial charge in [-0.2, -0.15) is 0 Å². The fraction of sp³-hybridized carbons (Fsp3) is 0.316. The first-order chi connectivity index (χ1) is 12.0. The van der Waals surface area contributed by atoms with Gasteiger partial charge in [0.2, 0.25) is 5.91 Å². The molecule has 1 aliphatic heterocycles. The number of rotatable bonds is 5. The Hall–Kier alpha value is -1.56. The van der Waals surface area contributed by atoms with Gasteiger partial charge in [0.15, 0.2) is 0 Å². The van der Waals surface area contributed by atoms with Crippen molar-refractivity contribution in [1.82, 2.24) is 9.80 Å². The fourth-order valence-corrected chi connectivity index (χ4v) is 4.44. The average Bonchev–Trinajstić information content (AvgIpc) is 3.05. The summed E-state index contributed by atoms with van der Waals surface area (Å²) in [5.41, 5.74) is 2.04. The van der Waals surface area contributed by atoms with E-state index in [9.17, 15) is 9.18 Å². The van der Waals surface area contributed by atoms with Gasteiger partial charge in [0, 0.05) is 23.9 Å². The van der Waals surface area contributed by atoms with Crippen LogP contribution in [0.25, 0.3) is 0 Å². The molecular weight excluding hydrogens is 359 g/mol. The molecule has 0 aliphatic carbocycles. The molecule has 1 unspecified atom stereocenters. The molecule has 25 heavy (non-hydrogen) atoms. The first-order valence-electron chi connectivity index (χ1n) is 8.12. The van der Waals surface area contributed by atoms with E-state index in [1.165, 1.54) is 12.1 Å². The van der Waals surface area contributed by atoms with E-state index in [4.69, 9.17) is 11.6 Å². The van der Waals surface area contributed by atoms with Gasteiger partial charge in [-0.3, -0.25) is 9.69 Å². The monoisotopic (exact) mass is 378 g/mol. The Kier molecular flexibility index (Phi) is 5.99. The first kappa shape index (κ1) is 18.2. The quantitative estimate of drug-likeness (QED) is 0.779. The minimum absolute atomic E-state index is 0.0346. The van der Waals surface area contributed by atoms with Crippen molar-refractivity contribution < 1.29 is 9.18 Å². The standard InChI is InChI=1S/C19H20ClFN2OS/c1-22(12-14-3-2-4-16(20)11-14)13-18(24)23-9-10-25-19(23)15-5-7-17(21)8-6-15/h2-8,11,19H,9-10,12-13H2,1H3. The Labute approximate surface area is 156 Å². The van der Waals surface area contributed by atoms with Gasteiger partial charge in [-0.15, -0.1) is 11.8 Å². The zero-order valence-electron chi connectivity index (χ0n) is 14.0. The Balaban J connectivity index is 1.62. The number of thioether (sulfide) groups is 1. The molecule has 0 saturated carbocycles. The predicted octanol–water partition coefficient (Wildman–Crippen LogP) is 4.19. The highest BCUT2D eigenvalue weighted by Gasteiger charge is 2.30. The van der Waals surface area contributed by atoms with Gasteiger partial charge in [-0.1, -0.05) is 35.9 Å². The molecule has 1 atom stereocenters. The SMILES string of the molecule is CN(CC(=O)N1CCSC1c1ccc(F)cc1)Cc1cccc(Cl)c1. The summed E-state index contributed by atoms with van der Waals surface area (Å²) in [6.45, 7) is 1.72. The van der Waals surface area contributed by atoms with E-state index in [1.807, 2.05) is 41.1 Å². The molecule has 0 N–H and O–H groups in total. The van der Waals surface area contributed by atoms with Crippen LogP contribution in [-0.2, 0) is 11.3 Å². The summed E-state index contributed by atoms with van der Waals surface area (Å²) in [6.07, 6.45) is 0. The zero-order chi connectivity index (χ0) is 17.8. The highest BCUT2D eigenvalue weighted by atomic mass is 35.5. The largest absolute Gasteiger partial charge is 0.325 e. The van der Waals surface area contributed by atoms with Crippen LogP contribution in [0.2, 0.25) is 5.02 Å². The molecule has 1 saturated heterocycles. The first-order valence-corrected chi connectivity index (χ1v) is 9.55. The number of carbonyl (C=O) groups excluding carboxylic acids is 1. The van der Waals surface area contributed by atoms with Crippen molar-refractivity contribution in [2.24, 2.45) is 0 Å². The molecule has 3 nitrogen and oxygen atoms in total. The van der Waals surface area contributed by atoms with Crippen LogP contribution in [0.1, 0.15) is 16.5 Å². The Morgan fingerprint density at radius 3 is 2.80 bits per heavy atom. The minimum Gasteiger partial charge on any atom is -0.325 e. The number of likely N-dealkylation sites (N-methyl/N-ethyl adjacent to an activating group) is 1. The molecule has 6 heteroatoms. The molecular formula is C19H20ClFN2OS. The number of hydrogen-bond acceptors (Lipinski definition) is 3. The number of amides is 1. The van der Waals surface area contributed by atoms with Crippen molar-refractivity contribution in [2.75, 3.05) is 25.9 Å². The van der Waals surface area contributed by atoms with Crippen LogP contribution in [0.4, 0.5) is 4.39 Å². The second-order valence-corrected chi connectivity index (χ2v) is 7.79. The maximum absolute atomic E-state index is 13.1. The average molecular weight is 379 g/mol.